The van der Waals surface area contributed by atoms with E-state index >= 15 is 0 Å². The predicted molar refractivity (Wildman–Crippen MR) is 106 cm³/mol. The average molecular weight is 425 g/mol. The highest BCUT2D eigenvalue weighted by molar-refractivity contribution is 5.79. The number of aliphatic carboxylic acids is 1. The van der Waals surface area contributed by atoms with Gasteiger partial charge in [-0.15, -0.1) is 0 Å². The summed E-state index contributed by atoms with van der Waals surface area (Å²) in [4.78, 5) is 24.2. The summed E-state index contributed by atoms with van der Waals surface area (Å²) < 4.78 is 38.4. The summed E-state index contributed by atoms with van der Waals surface area (Å²) in [5, 5.41) is 18.8. The van der Waals surface area contributed by atoms with E-state index in [1.165, 1.54) is 18.2 Å². The summed E-state index contributed by atoms with van der Waals surface area (Å²) in [7, 11) is 0. The molecule has 1 aliphatic rings. The van der Waals surface area contributed by atoms with E-state index in [2.05, 4.69) is 0 Å². The maximum atomic E-state index is 12.8. The van der Waals surface area contributed by atoms with Crippen LogP contribution in [-0.2, 0) is 22.2 Å². The number of allylic oxidation sites excluding steroid dienone is 1. The minimum absolute atomic E-state index is 0.00722. The van der Waals surface area contributed by atoms with Gasteiger partial charge in [0.15, 0.2) is 0 Å². The van der Waals surface area contributed by atoms with E-state index < -0.39 is 23.8 Å². The van der Waals surface area contributed by atoms with Crippen molar-refractivity contribution in [1.82, 2.24) is 4.90 Å². The lowest BCUT2D eigenvalue weighted by atomic mass is 10.0. The fourth-order valence-corrected chi connectivity index (χ4v) is 3.31. The Kier molecular flexibility index (Phi) is 8.65. The number of aliphatic hydroxyl groups is 1. The van der Waals surface area contributed by atoms with Gasteiger partial charge < -0.3 is 15.1 Å². The summed E-state index contributed by atoms with van der Waals surface area (Å²) in [5.41, 5.74) is -0.371. The molecule has 1 heterocycles. The Morgan fingerprint density at radius 1 is 1.30 bits per heavy atom. The van der Waals surface area contributed by atoms with E-state index in [4.69, 9.17) is 5.11 Å². The number of alkyl halides is 3. The van der Waals surface area contributed by atoms with Gasteiger partial charge >= 0.3 is 12.1 Å². The fraction of sp³-hybridized carbons (Fsp3) is 0.455. The first-order chi connectivity index (χ1) is 14.2. The molecule has 1 amide bonds. The molecule has 2 atom stereocenters. The van der Waals surface area contributed by atoms with Crippen LogP contribution in [0.3, 0.4) is 0 Å². The zero-order valence-electron chi connectivity index (χ0n) is 16.5. The first-order valence-corrected chi connectivity index (χ1v) is 9.85. The molecular weight excluding hydrogens is 399 g/mol. The second-order valence-electron chi connectivity index (χ2n) is 7.26. The van der Waals surface area contributed by atoms with Crippen molar-refractivity contribution in [2.75, 3.05) is 6.54 Å². The van der Waals surface area contributed by atoms with Crippen LogP contribution in [0.4, 0.5) is 13.2 Å². The molecule has 1 aromatic carbocycles. The highest BCUT2D eigenvalue weighted by atomic mass is 19.4. The van der Waals surface area contributed by atoms with Gasteiger partial charge in [-0.05, 0) is 30.9 Å². The van der Waals surface area contributed by atoms with Gasteiger partial charge in [0.05, 0.1) is 17.7 Å². The molecule has 0 saturated carbocycles. The van der Waals surface area contributed by atoms with Crippen LogP contribution in [0.2, 0.25) is 0 Å². The number of aliphatic hydroxyl groups excluding tert-OH is 1. The number of unbranched alkanes of at least 4 members (excludes halogenated alkanes) is 1. The number of carbonyl (C=O) groups is 2. The van der Waals surface area contributed by atoms with Gasteiger partial charge in [-0.3, -0.25) is 9.59 Å². The lowest BCUT2D eigenvalue weighted by molar-refractivity contribution is -0.138. The maximum absolute atomic E-state index is 12.8. The quantitative estimate of drug-likeness (QED) is 0.439. The van der Waals surface area contributed by atoms with E-state index in [0.717, 1.165) is 12.1 Å². The van der Waals surface area contributed by atoms with Gasteiger partial charge in [-0.2, -0.15) is 13.2 Å². The first-order valence-electron chi connectivity index (χ1n) is 9.85. The predicted octanol–water partition coefficient (Wildman–Crippen LogP) is 3.97. The van der Waals surface area contributed by atoms with Crippen molar-refractivity contribution < 1.29 is 33.0 Å². The SMILES string of the molecule is O=C(O)CCC/C=C/CN1C(=O)CC[C@@H]1/C=C/[C@@H](O)Cc1cccc(C(F)(F)F)c1. The van der Waals surface area contributed by atoms with Gasteiger partial charge in [-0.1, -0.05) is 42.5 Å². The lowest BCUT2D eigenvalue weighted by Crippen LogP contribution is -2.32. The molecular formula is C22H26F3NO4. The van der Waals surface area contributed by atoms with Crippen LogP contribution >= 0.6 is 0 Å². The van der Waals surface area contributed by atoms with Crippen molar-refractivity contribution >= 4 is 11.9 Å². The second-order valence-corrected chi connectivity index (χ2v) is 7.26. The molecule has 1 saturated heterocycles. The van der Waals surface area contributed by atoms with Crippen molar-refractivity contribution in [3.63, 3.8) is 0 Å². The molecule has 0 aromatic heterocycles. The van der Waals surface area contributed by atoms with Crippen molar-refractivity contribution in [1.29, 1.82) is 0 Å². The van der Waals surface area contributed by atoms with Crippen LogP contribution in [0, 0.1) is 0 Å². The van der Waals surface area contributed by atoms with Crippen molar-refractivity contribution in [3.05, 3.63) is 59.7 Å². The van der Waals surface area contributed by atoms with E-state index in [-0.39, 0.29) is 24.8 Å². The summed E-state index contributed by atoms with van der Waals surface area (Å²) in [5.74, 6) is -0.848. The largest absolute Gasteiger partial charge is 0.481 e. The number of halogens is 3. The van der Waals surface area contributed by atoms with Gasteiger partial charge in [0.1, 0.15) is 0 Å². The normalized spacial score (nSPS) is 18.6. The maximum Gasteiger partial charge on any atom is 0.416 e. The number of hydrogen-bond acceptors (Lipinski definition) is 3. The topological polar surface area (TPSA) is 77.8 Å². The number of nitrogens with zero attached hydrogens (tertiary/aromatic N) is 1. The molecule has 0 aliphatic carbocycles. The smallest absolute Gasteiger partial charge is 0.416 e. The first kappa shape index (κ1) is 23.7. The van der Waals surface area contributed by atoms with Crippen molar-refractivity contribution in [3.8, 4) is 0 Å². The van der Waals surface area contributed by atoms with Gasteiger partial charge in [0, 0.05) is 25.8 Å². The molecule has 2 rings (SSSR count). The molecule has 5 nitrogen and oxygen atoms in total. The van der Waals surface area contributed by atoms with Crippen LogP contribution < -0.4 is 0 Å². The third kappa shape index (κ3) is 7.67. The molecule has 1 aromatic rings. The Morgan fingerprint density at radius 2 is 2.07 bits per heavy atom. The Balaban J connectivity index is 1.88. The molecule has 0 unspecified atom stereocenters. The third-order valence-corrected chi connectivity index (χ3v) is 4.86. The molecule has 1 fully saturated rings. The number of carbonyl (C=O) groups excluding carboxylic acids is 1. The van der Waals surface area contributed by atoms with Gasteiger partial charge in [-0.25, -0.2) is 0 Å². The van der Waals surface area contributed by atoms with Crippen LogP contribution in [-0.4, -0.2) is 45.7 Å². The average Bonchev–Trinajstić information content (AvgIpc) is 3.02. The summed E-state index contributed by atoms with van der Waals surface area (Å²) in [6.07, 6.45) is 3.82. The van der Waals surface area contributed by atoms with Gasteiger partial charge in [0.2, 0.25) is 5.91 Å². The summed E-state index contributed by atoms with van der Waals surface area (Å²) in [6.45, 7) is 0.393. The Labute approximate surface area is 173 Å². The minimum Gasteiger partial charge on any atom is -0.481 e. The monoisotopic (exact) mass is 425 g/mol. The molecule has 0 spiro atoms. The number of carboxylic acid groups (broad SMARTS) is 1. The number of amides is 1. The Morgan fingerprint density at radius 3 is 2.77 bits per heavy atom. The number of likely N-dealkylation sites (tertiary alicyclic amines) is 1. The lowest BCUT2D eigenvalue weighted by Gasteiger charge is -2.21. The molecule has 164 valence electrons. The van der Waals surface area contributed by atoms with Crippen molar-refractivity contribution in [2.45, 2.75) is 56.8 Å². The Bertz CT molecular complexity index is 789. The molecule has 0 radical (unpaired) electrons. The molecule has 2 N–H and O–H groups in total. The minimum atomic E-state index is -4.43. The number of rotatable bonds is 10. The number of carboxylic acids is 1. The standard InChI is InChI=1S/C22H26F3NO4/c23-22(24,25)17-7-5-6-16(14-17)15-19(27)11-9-18-10-12-20(28)26(18)13-4-2-1-3-8-21(29)30/h2,4-7,9,11,14,18-19,27H,1,3,8,10,12-13,15H2,(H,29,30)/b4-2+,11-9+/t18-,19+/m0/s1. The van der Waals surface area contributed by atoms with Crippen LogP contribution in [0.25, 0.3) is 0 Å². The van der Waals surface area contributed by atoms with Crippen LogP contribution in [0.1, 0.15) is 43.2 Å². The Hall–Kier alpha value is -2.61. The van der Waals surface area contributed by atoms with E-state index in [9.17, 15) is 27.9 Å². The van der Waals surface area contributed by atoms with E-state index in [1.807, 2.05) is 12.2 Å². The second kappa shape index (κ2) is 11.0. The summed E-state index contributed by atoms with van der Waals surface area (Å²) >= 11 is 0. The number of hydrogen-bond donors (Lipinski definition) is 2. The molecule has 8 heteroatoms. The zero-order chi connectivity index (χ0) is 22.1. The third-order valence-electron chi connectivity index (χ3n) is 4.86. The van der Waals surface area contributed by atoms with Crippen LogP contribution in [0.5, 0.6) is 0 Å². The molecule has 30 heavy (non-hydrogen) atoms. The molecule has 1 aliphatic heterocycles. The highest BCUT2D eigenvalue weighted by Crippen LogP contribution is 2.29. The van der Waals surface area contributed by atoms with Gasteiger partial charge in [0.25, 0.3) is 0 Å². The van der Waals surface area contributed by atoms with Crippen molar-refractivity contribution in [2.24, 2.45) is 0 Å². The molecule has 0 bridgehead atoms. The highest BCUT2D eigenvalue weighted by Gasteiger charge is 2.30. The van der Waals surface area contributed by atoms with E-state index in [1.54, 1.807) is 11.0 Å². The van der Waals surface area contributed by atoms with Crippen LogP contribution in [0.15, 0.2) is 48.6 Å². The number of benzene rings is 1. The van der Waals surface area contributed by atoms with E-state index in [0.29, 0.717) is 37.8 Å². The summed E-state index contributed by atoms with van der Waals surface area (Å²) in [6, 6.07) is 4.68. The zero-order valence-corrected chi connectivity index (χ0v) is 16.5. The fourth-order valence-electron chi connectivity index (χ4n) is 3.31.